The second-order valence-corrected chi connectivity index (χ2v) is 4.13. The largest absolute Gasteiger partial charge is 0.323 e. The first kappa shape index (κ1) is 14.9. The van der Waals surface area contributed by atoms with Crippen molar-refractivity contribution in [2.24, 2.45) is 5.92 Å². The van der Waals surface area contributed by atoms with E-state index in [0.717, 1.165) is 25.5 Å². The Morgan fingerprint density at radius 1 is 1.39 bits per heavy atom. The van der Waals surface area contributed by atoms with E-state index >= 15 is 0 Å². The summed E-state index contributed by atoms with van der Waals surface area (Å²) < 4.78 is 26.3. The lowest BCUT2D eigenvalue weighted by atomic mass is 9.99. The Kier molecular flexibility index (Phi) is 5.50. The van der Waals surface area contributed by atoms with E-state index in [1.165, 1.54) is 12.1 Å². The molecule has 0 bridgehead atoms. The summed E-state index contributed by atoms with van der Waals surface area (Å²) in [5.41, 5.74) is -0.0967. The van der Waals surface area contributed by atoms with Crippen LogP contribution < -0.4 is 10.6 Å². The fraction of sp³-hybridized carbons (Fsp3) is 0.417. The molecule has 1 atom stereocenters. The second-order valence-electron chi connectivity index (χ2n) is 4.13. The molecule has 6 heteroatoms. The van der Waals surface area contributed by atoms with Gasteiger partial charge in [-0.15, -0.1) is 12.4 Å². The third kappa shape index (κ3) is 3.40. The van der Waals surface area contributed by atoms with Gasteiger partial charge in [-0.3, -0.25) is 4.79 Å². The SMILES string of the molecule is Cl.O=C(Nc1cccc(F)c1F)C1CCCNC1. The van der Waals surface area contributed by atoms with Gasteiger partial charge in [0.05, 0.1) is 11.6 Å². The van der Waals surface area contributed by atoms with Crippen molar-refractivity contribution in [1.82, 2.24) is 5.32 Å². The number of amides is 1. The van der Waals surface area contributed by atoms with Crippen LogP contribution in [-0.2, 0) is 4.79 Å². The van der Waals surface area contributed by atoms with E-state index in [1.54, 1.807) is 0 Å². The predicted octanol–water partition coefficient (Wildman–Crippen LogP) is 2.32. The maximum absolute atomic E-state index is 13.3. The topological polar surface area (TPSA) is 41.1 Å². The highest BCUT2D eigenvalue weighted by molar-refractivity contribution is 5.92. The molecule has 2 rings (SSSR count). The summed E-state index contributed by atoms with van der Waals surface area (Å²) in [5.74, 6) is -2.40. The molecule has 1 amide bonds. The smallest absolute Gasteiger partial charge is 0.228 e. The lowest BCUT2D eigenvalue weighted by Crippen LogP contribution is -2.37. The molecule has 2 N–H and O–H groups in total. The van der Waals surface area contributed by atoms with Gasteiger partial charge in [0.25, 0.3) is 0 Å². The molecule has 1 aliphatic rings. The second kappa shape index (κ2) is 6.66. The van der Waals surface area contributed by atoms with Gasteiger partial charge in [0.15, 0.2) is 11.6 Å². The van der Waals surface area contributed by atoms with Crippen LogP contribution >= 0.6 is 12.4 Å². The standard InChI is InChI=1S/C12H14F2N2O.ClH/c13-9-4-1-5-10(11(9)14)16-12(17)8-3-2-6-15-7-8;/h1,4-5,8,15H,2-3,6-7H2,(H,16,17);1H. The summed E-state index contributed by atoms with van der Waals surface area (Å²) >= 11 is 0. The molecule has 1 heterocycles. The van der Waals surface area contributed by atoms with E-state index < -0.39 is 11.6 Å². The summed E-state index contributed by atoms with van der Waals surface area (Å²) in [6.45, 7) is 1.49. The van der Waals surface area contributed by atoms with Crippen molar-refractivity contribution in [3.8, 4) is 0 Å². The molecule has 1 aromatic rings. The van der Waals surface area contributed by atoms with Crippen molar-refractivity contribution in [3.63, 3.8) is 0 Å². The summed E-state index contributed by atoms with van der Waals surface area (Å²) in [7, 11) is 0. The maximum Gasteiger partial charge on any atom is 0.228 e. The molecule has 1 fully saturated rings. The van der Waals surface area contributed by atoms with Crippen molar-refractivity contribution in [3.05, 3.63) is 29.8 Å². The average Bonchev–Trinajstić information content (AvgIpc) is 2.36. The van der Waals surface area contributed by atoms with Crippen molar-refractivity contribution < 1.29 is 13.6 Å². The summed E-state index contributed by atoms with van der Waals surface area (Å²) in [5, 5.41) is 5.53. The minimum absolute atomic E-state index is 0. The van der Waals surface area contributed by atoms with Gasteiger partial charge in [0.2, 0.25) is 5.91 Å². The molecule has 0 saturated carbocycles. The van der Waals surface area contributed by atoms with Gasteiger partial charge in [-0.25, -0.2) is 8.78 Å². The van der Waals surface area contributed by atoms with Crippen LogP contribution in [0.15, 0.2) is 18.2 Å². The molecule has 3 nitrogen and oxygen atoms in total. The molecule has 0 radical (unpaired) electrons. The Labute approximate surface area is 110 Å². The van der Waals surface area contributed by atoms with Crippen molar-refractivity contribution in [2.75, 3.05) is 18.4 Å². The highest BCUT2D eigenvalue weighted by atomic mass is 35.5. The lowest BCUT2D eigenvalue weighted by molar-refractivity contribution is -0.120. The third-order valence-electron chi connectivity index (χ3n) is 2.88. The molecule has 0 aliphatic carbocycles. The van der Waals surface area contributed by atoms with Crippen LogP contribution in [0.2, 0.25) is 0 Å². The summed E-state index contributed by atoms with van der Waals surface area (Å²) in [6.07, 6.45) is 1.69. The highest BCUT2D eigenvalue weighted by Gasteiger charge is 2.22. The van der Waals surface area contributed by atoms with Gasteiger partial charge in [-0.1, -0.05) is 6.07 Å². The predicted molar refractivity (Wildman–Crippen MR) is 67.8 cm³/mol. The van der Waals surface area contributed by atoms with Crippen LogP contribution in [0.5, 0.6) is 0 Å². The van der Waals surface area contributed by atoms with Crippen LogP contribution in [0, 0.1) is 17.6 Å². The first-order valence-corrected chi connectivity index (χ1v) is 5.64. The number of nitrogens with one attached hydrogen (secondary N) is 2. The number of halogens is 3. The fourth-order valence-corrected chi connectivity index (χ4v) is 1.91. The Morgan fingerprint density at radius 3 is 2.83 bits per heavy atom. The monoisotopic (exact) mass is 276 g/mol. The number of benzene rings is 1. The van der Waals surface area contributed by atoms with E-state index in [0.29, 0.717) is 6.54 Å². The number of rotatable bonds is 2. The molecule has 0 spiro atoms. The number of carbonyl (C=O) groups excluding carboxylic acids is 1. The van der Waals surface area contributed by atoms with Crippen molar-refractivity contribution in [2.45, 2.75) is 12.8 Å². The van der Waals surface area contributed by atoms with Gasteiger partial charge >= 0.3 is 0 Å². The molecule has 100 valence electrons. The zero-order chi connectivity index (χ0) is 12.3. The van der Waals surface area contributed by atoms with Crippen LogP contribution in [-0.4, -0.2) is 19.0 Å². The third-order valence-corrected chi connectivity index (χ3v) is 2.88. The molecule has 0 aromatic heterocycles. The first-order valence-electron chi connectivity index (χ1n) is 5.64. The van der Waals surface area contributed by atoms with E-state index in [2.05, 4.69) is 10.6 Å². The van der Waals surface area contributed by atoms with E-state index in [-0.39, 0.29) is 29.9 Å². The Balaban J connectivity index is 0.00000162. The van der Waals surface area contributed by atoms with E-state index in [4.69, 9.17) is 0 Å². The van der Waals surface area contributed by atoms with Crippen LogP contribution in [0.25, 0.3) is 0 Å². The number of anilines is 1. The number of hydrogen-bond donors (Lipinski definition) is 2. The average molecular weight is 277 g/mol. The van der Waals surface area contributed by atoms with Crippen LogP contribution in [0.3, 0.4) is 0 Å². The zero-order valence-electron chi connectivity index (χ0n) is 9.71. The van der Waals surface area contributed by atoms with Crippen molar-refractivity contribution in [1.29, 1.82) is 0 Å². The van der Waals surface area contributed by atoms with Crippen LogP contribution in [0.4, 0.5) is 14.5 Å². The minimum atomic E-state index is -1.01. The lowest BCUT2D eigenvalue weighted by Gasteiger charge is -2.21. The number of piperidine rings is 1. The zero-order valence-corrected chi connectivity index (χ0v) is 10.5. The first-order chi connectivity index (χ1) is 8.18. The van der Waals surface area contributed by atoms with Crippen molar-refractivity contribution >= 4 is 24.0 Å². The fourth-order valence-electron chi connectivity index (χ4n) is 1.91. The van der Waals surface area contributed by atoms with Crippen LogP contribution in [0.1, 0.15) is 12.8 Å². The molecule has 1 saturated heterocycles. The van der Waals surface area contributed by atoms with E-state index in [9.17, 15) is 13.6 Å². The maximum atomic E-state index is 13.3. The molecular formula is C12H15ClF2N2O. The Morgan fingerprint density at radius 2 is 2.17 bits per heavy atom. The molecule has 1 unspecified atom stereocenters. The molecule has 18 heavy (non-hydrogen) atoms. The highest BCUT2D eigenvalue weighted by Crippen LogP contribution is 2.19. The number of carbonyl (C=O) groups is 1. The molecule has 1 aliphatic heterocycles. The molecule has 1 aromatic carbocycles. The van der Waals surface area contributed by atoms with Gasteiger partial charge in [0, 0.05) is 6.54 Å². The Bertz CT molecular complexity index is 423. The van der Waals surface area contributed by atoms with E-state index in [1.807, 2.05) is 0 Å². The van der Waals surface area contributed by atoms with Gasteiger partial charge in [0.1, 0.15) is 0 Å². The summed E-state index contributed by atoms with van der Waals surface area (Å²) in [6, 6.07) is 3.74. The normalized spacial score (nSPS) is 18.9. The van der Waals surface area contributed by atoms with Gasteiger partial charge in [-0.2, -0.15) is 0 Å². The quantitative estimate of drug-likeness (QED) is 0.870. The number of hydrogen-bond acceptors (Lipinski definition) is 2. The van der Waals surface area contributed by atoms with Gasteiger partial charge in [-0.05, 0) is 31.5 Å². The minimum Gasteiger partial charge on any atom is -0.323 e. The molecular weight excluding hydrogens is 262 g/mol. The van der Waals surface area contributed by atoms with Gasteiger partial charge < -0.3 is 10.6 Å². The summed E-state index contributed by atoms with van der Waals surface area (Å²) in [4.78, 5) is 11.8. The Hall–Kier alpha value is -1.20.